The van der Waals surface area contributed by atoms with Gasteiger partial charge in [-0.1, -0.05) is 11.6 Å². The molecule has 0 radical (unpaired) electrons. The van der Waals surface area contributed by atoms with Crippen LogP contribution in [0.2, 0.25) is 5.02 Å². The Bertz CT molecular complexity index is 520. The number of carbonyl (C=O) groups is 1. The van der Waals surface area contributed by atoms with Crippen molar-refractivity contribution in [2.75, 3.05) is 32.7 Å². The lowest BCUT2D eigenvalue weighted by Gasteiger charge is -2.37. The van der Waals surface area contributed by atoms with Crippen molar-refractivity contribution in [2.24, 2.45) is 0 Å². The van der Waals surface area contributed by atoms with Crippen LogP contribution >= 0.6 is 11.6 Å². The maximum atomic E-state index is 12.4. The molecule has 1 aliphatic rings. The molecule has 0 aliphatic carbocycles. The Hall–Kier alpha value is -1.30. The molecule has 1 saturated heterocycles. The minimum Gasteiger partial charge on any atom is -0.507 e. The van der Waals surface area contributed by atoms with E-state index >= 15 is 0 Å². The number of aromatic hydroxyl groups is 1. The lowest BCUT2D eigenvalue weighted by atomic mass is 10.1. The lowest BCUT2D eigenvalue weighted by Crippen LogP contribution is -2.52. The molecule has 1 aromatic carbocycles. The Balaban J connectivity index is 1.99. The second-order valence-electron chi connectivity index (χ2n) is 6.04. The fourth-order valence-corrected chi connectivity index (χ4v) is 2.68. The van der Waals surface area contributed by atoms with Gasteiger partial charge >= 0.3 is 0 Å². The summed E-state index contributed by atoms with van der Waals surface area (Å²) in [5.74, 6) is -0.263. The molecule has 0 spiro atoms. The zero-order valence-corrected chi connectivity index (χ0v) is 13.1. The highest BCUT2D eigenvalue weighted by atomic mass is 35.5. The first-order chi connectivity index (χ1) is 9.76. The summed E-state index contributed by atoms with van der Waals surface area (Å²) in [6.45, 7) is 6.68. The van der Waals surface area contributed by atoms with Crippen molar-refractivity contribution in [3.63, 3.8) is 0 Å². The number of halogens is 1. The van der Waals surface area contributed by atoms with Crippen LogP contribution in [-0.2, 0) is 0 Å². The number of aliphatic hydroxyl groups is 1. The molecule has 1 aromatic rings. The molecule has 1 amide bonds. The third-order valence-electron chi connectivity index (χ3n) is 3.46. The van der Waals surface area contributed by atoms with E-state index in [1.54, 1.807) is 24.8 Å². The number of benzene rings is 1. The normalized spacial score (nSPS) is 17.0. The molecule has 0 unspecified atom stereocenters. The molecule has 0 aromatic heterocycles. The van der Waals surface area contributed by atoms with Crippen LogP contribution < -0.4 is 0 Å². The predicted molar refractivity (Wildman–Crippen MR) is 81.8 cm³/mol. The van der Waals surface area contributed by atoms with E-state index < -0.39 is 5.60 Å². The van der Waals surface area contributed by atoms with Crippen molar-refractivity contribution < 1.29 is 15.0 Å². The Labute approximate surface area is 129 Å². The van der Waals surface area contributed by atoms with Crippen molar-refractivity contribution in [1.29, 1.82) is 0 Å². The van der Waals surface area contributed by atoms with Crippen LogP contribution in [0.25, 0.3) is 0 Å². The molecule has 1 heterocycles. The number of β-amino-alcohol motifs (C(OH)–C–C–N with tert-alkyl or cyclic N) is 1. The number of rotatable bonds is 3. The average molecular weight is 313 g/mol. The van der Waals surface area contributed by atoms with Gasteiger partial charge in [-0.3, -0.25) is 9.69 Å². The van der Waals surface area contributed by atoms with Crippen molar-refractivity contribution >= 4 is 17.5 Å². The summed E-state index contributed by atoms with van der Waals surface area (Å²) in [7, 11) is 0. The first-order valence-electron chi connectivity index (χ1n) is 6.99. The molecule has 6 heteroatoms. The second-order valence-corrected chi connectivity index (χ2v) is 6.48. The minimum absolute atomic E-state index is 0.0525. The summed E-state index contributed by atoms with van der Waals surface area (Å²) in [4.78, 5) is 16.2. The highest BCUT2D eigenvalue weighted by Gasteiger charge is 2.26. The van der Waals surface area contributed by atoms with Crippen LogP contribution in [0, 0.1) is 0 Å². The number of piperazine rings is 1. The van der Waals surface area contributed by atoms with Crippen LogP contribution in [0.4, 0.5) is 0 Å². The van der Waals surface area contributed by atoms with Crippen molar-refractivity contribution in [1.82, 2.24) is 9.80 Å². The SMILES string of the molecule is CC(C)(O)CN1CCN(C(=O)c2cc(Cl)ccc2O)CC1. The van der Waals surface area contributed by atoms with Gasteiger partial charge in [-0.25, -0.2) is 0 Å². The second kappa shape index (κ2) is 6.22. The molecule has 21 heavy (non-hydrogen) atoms. The third-order valence-corrected chi connectivity index (χ3v) is 3.69. The molecular formula is C15H21ClN2O3. The first kappa shape index (κ1) is 16.1. The molecule has 116 valence electrons. The summed E-state index contributed by atoms with van der Waals surface area (Å²) in [5, 5.41) is 20.0. The van der Waals surface area contributed by atoms with E-state index in [1.165, 1.54) is 12.1 Å². The van der Waals surface area contributed by atoms with E-state index in [0.29, 0.717) is 37.7 Å². The van der Waals surface area contributed by atoms with Gasteiger partial charge in [-0.15, -0.1) is 0 Å². The number of phenols is 1. The van der Waals surface area contributed by atoms with Gasteiger partial charge in [-0.05, 0) is 32.0 Å². The summed E-state index contributed by atoms with van der Waals surface area (Å²) in [5.41, 5.74) is -0.504. The lowest BCUT2D eigenvalue weighted by molar-refractivity contribution is 0.0178. The maximum absolute atomic E-state index is 12.4. The number of hydrogen-bond acceptors (Lipinski definition) is 4. The molecule has 0 atom stereocenters. The molecule has 2 N–H and O–H groups in total. The van der Waals surface area contributed by atoms with Crippen LogP contribution in [-0.4, -0.2) is 64.2 Å². The van der Waals surface area contributed by atoms with Crippen LogP contribution in [0.5, 0.6) is 5.75 Å². The molecule has 5 nitrogen and oxygen atoms in total. The van der Waals surface area contributed by atoms with Gasteiger partial charge in [0.1, 0.15) is 5.75 Å². The zero-order valence-electron chi connectivity index (χ0n) is 12.3. The van der Waals surface area contributed by atoms with E-state index in [0.717, 1.165) is 0 Å². The van der Waals surface area contributed by atoms with Crippen molar-refractivity contribution in [3.05, 3.63) is 28.8 Å². The van der Waals surface area contributed by atoms with Gasteiger partial charge in [0, 0.05) is 37.7 Å². The number of amides is 1. The summed E-state index contributed by atoms with van der Waals surface area (Å²) in [6.07, 6.45) is 0. The van der Waals surface area contributed by atoms with Crippen molar-refractivity contribution in [3.8, 4) is 5.75 Å². The smallest absolute Gasteiger partial charge is 0.257 e. The summed E-state index contributed by atoms with van der Waals surface area (Å²) < 4.78 is 0. The number of carbonyl (C=O) groups excluding carboxylic acids is 1. The first-order valence-corrected chi connectivity index (χ1v) is 7.36. The number of nitrogens with zero attached hydrogens (tertiary/aromatic N) is 2. The van der Waals surface area contributed by atoms with Crippen LogP contribution in [0.1, 0.15) is 24.2 Å². The summed E-state index contributed by atoms with van der Waals surface area (Å²) in [6, 6.07) is 4.47. The average Bonchev–Trinajstić information content (AvgIpc) is 2.40. The Morgan fingerprint density at radius 3 is 2.48 bits per heavy atom. The largest absolute Gasteiger partial charge is 0.507 e. The fraction of sp³-hybridized carbons (Fsp3) is 0.533. The molecule has 0 bridgehead atoms. The monoisotopic (exact) mass is 312 g/mol. The van der Waals surface area contributed by atoms with Gasteiger partial charge in [-0.2, -0.15) is 0 Å². The van der Waals surface area contributed by atoms with Crippen LogP contribution in [0.3, 0.4) is 0 Å². The quantitative estimate of drug-likeness (QED) is 0.889. The Morgan fingerprint density at radius 2 is 1.90 bits per heavy atom. The van der Waals surface area contributed by atoms with E-state index in [4.69, 9.17) is 11.6 Å². The minimum atomic E-state index is -0.739. The van der Waals surface area contributed by atoms with Gasteiger partial charge in [0.05, 0.1) is 11.2 Å². The molecular weight excluding hydrogens is 292 g/mol. The van der Waals surface area contributed by atoms with E-state index in [2.05, 4.69) is 4.90 Å². The topological polar surface area (TPSA) is 64.0 Å². The van der Waals surface area contributed by atoms with Gasteiger partial charge in [0.2, 0.25) is 0 Å². The molecule has 2 rings (SSSR count). The fourth-order valence-electron chi connectivity index (χ4n) is 2.51. The van der Waals surface area contributed by atoms with E-state index in [-0.39, 0.29) is 17.2 Å². The zero-order chi connectivity index (χ0) is 15.6. The van der Waals surface area contributed by atoms with Gasteiger partial charge in [0.15, 0.2) is 0 Å². The number of hydrogen-bond donors (Lipinski definition) is 2. The van der Waals surface area contributed by atoms with E-state index in [1.807, 2.05) is 0 Å². The van der Waals surface area contributed by atoms with Crippen molar-refractivity contribution in [2.45, 2.75) is 19.4 Å². The van der Waals surface area contributed by atoms with Gasteiger partial charge in [0.25, 0.3) is 5.91 Å². The highest BCUT2D eigenvalue weighted by molar-refractivity contribution is 6.31. The highest BCUT2D eigenvalue weighted by Crippen LogP contribution is 2.23. The Morgan fingerprint density at radius 1 is 1.29 bits per heavy atom. The molecule has 0 saturated carbocycles. The van der Waals surface area contributed by atoms with Crippen LogP contribution in [0.15, 0.2) is 18.2 Å². The Kier molecular flexibility index (Phi) is 4.76. The number of phenolic OH excluding ortho intramolecular Hbond substituents is 1. The standard InChI is InChI=1S/C15H21ClN2O3/c1-15(2,21)10-17-5-7-18(8-6-17)14(20)12-9-11(16)3-4-13(12)19/h3-4,9,19,21H,5-8,10H2,1-2H3. The maximum Gasteiger partial charge on any atom is 0.257 e. The summed E-state index contributed by atoms with van der Waals surface area (Å²) >= 11 is 5.88. The van der Waals surface area contributed by atoms with E-state index in [9.17, 15) is 15.0 Å². The third kappa shape index (κ3) is 4.33. The molecule has 1 fully saturated rings. The molecule has 1 aliphatic heterocycles. The van der Waals surface area contributed by atoms with Gasteiger partial charge < -0.3 is 15.1 Å². The predicted octanol–water partition coefficient (Wildman–Crippen LogP) is 1.57.